The molecule has 27 heavy (non-hydrogen) atoms. The van der Waals surface area contributed by atoms with Crippen molar-refractivity contribution in [3.05, 3.63) is 52.7 Å². The Bertz CT molecular complexity index is 961. The first-order chi connectivity index (χ1) is 12.7. The summed E-state index contributed by atoms with van der Waals surface area (Å²) >= 11 is 6.03. The second-order valence-corrected chi connectivity index (χ2v) is 8.04. The van der Waals surface area contributed by atoms with Gasteiger partial charge in [0.25, 0.3) is 0 Å². The third-order valence-corrected chi connectivity index (χ3v) is 5.88. The number of aromatic carboxylic acids is 1. The van der Waals surface area contributed by atoms with Crippen molar-refractivity contribution in [3.63, 3.8) is 0 Å². The van der Waals surface area contributed by atoms with E-state index in [2.05, 4.69) is 4.98 Å². The molecule has 2 amide bonds. The van der Waals surface area contributed by atoms with Crippen LogP contribution in [0.25, 0.3) is 0 Å². The summed E-state index contributed by atoms with van der Waals surface area (Å²) in [6.45, 7) is 2.03. The summed E-state index contributed by atoms with van der Waals surface area (Å²) < 4.78 is 25.0. The fraction of sp³-hybridized carbons (Fsp3) is 0.235. The number of rotatable bonds is 7. The Balaban J connectivity index is 2.23. The van der Waals surface area contributed by atoms with E-state index in [-0.39, 0.29) is 33.3 Å². The second kappa shape index (κ2) is 8.36. The molecular weight excluding hydrogens is 394 g/mol. The van der Waals surface area contributed by atoms with E-state index < -0.39 is 21.8 Å². The number of anilines is 1. The number of aromatic nitrogens is 1. The normalized spacial score (nSPS) is 11.2. The van der Waals surface area contributed by atoms with E-state index in [9.17, 15) is 23.1 Å². The number of amides is 2. The number of nitrogens with zero attached hydrogens (tertiary/aromatic N) is 2. The lowest BCUT2D eigenvalue weighted by molar-refractivity contribution is 0.0695. The highest BCUT2D eigenvalue weighted by Gasteiger charge is 2.21. The highest BCUT2D eigenvalue weighted by molar-refractivity contribution is 7.91. The highest BCUT2D eigenvalue weighted by atomic mass is 35.5. The Kier molecular flexibility index (Phi) is 6.40. The van der Waals surface area contributed by atoms with Crippen LogP contribution in [0.15, 0.2) is 41.6 Å². The number of benzene rings is 1. The number of carboxylic acid groups (broad SMARTS) is 1. The monoisotopic (exact) mass is 411 g/mol. The van der Waals surface area contributed by atoms with E-state index in [0.29, 0.717) is 12.2 Å². The third kappa shape index (κ3) is 4.75. The van der Waals surface area contributed by atoms with Gasteiger partial charge >= 0.3 is 12.0 Å². The Hall–Kier alpha value is -2.65. The van der Waals surface area contributed by atoms with E-state index in [1.54, 1.807) is 6.92 Å². The van der Waals surface area contributed by atoms with Crippen LogP contribution in [0.3, 0.4) is 0 Å². The zero-order valence-corrected chi connectivity index (χ0v) is 16.0. The topological polar surface area (TPSA) is 131 Å². The number of carboxylic acids is 1. The minimum atomic E-state index is -3.78. The summed E-state index contributed by atoms with van der Waals surface area (Å²) in [5.74, 6) is -1.55. The fourth-order valence-electron chi connectivity index (χ4n) is 2.54. The first kappa shape index (κ1) is 20.7. The van der Waals surface area contributed by atoms with Crippen molar-refractivity contribution in [3.8, 4) is 0 Å². The number of hydrogen-bond donors (Lipinski definition) is 2. The number of nitrogens with two attached hydrogens (primary N) is 1. The van der Waals surface area contributed by atoms with Crippen LogP contribution in [0.4, 0.5) is 10.5 Å². The van der Waals surface area contributed by atoms with Gasteiger partial charge in [-0.25, -0.2) is 23.0 Å². The van der Waals surface area contributed by atoms with Crippen molar-refractivity contribution in [2.45, 2.75) is 18.4 Å². The van der Waals surface area contributed by atoms with Crippen LogP contribution in [0.5, 0.6) is 0 Å². The first-order valence-corrected chi connectivity index (χ1v) is 9.97. The molecular formula is C17H18ClN3O5S. The number of halogens is 1. The van der Waals surface area contributed by atoms with Crippen molar-refractivity contribution >= 4 is 39.1 Å². The molecule has 0 saturated carbocycles. The predicted octanol–water partition coefficient (Wildman–Crippen LogP) is 2.35. The van der Waals surface area contributed by atoms with Gasteiger partial charge in [-0.05, 0) is 43.2 Å². The van der Waals surface area contributed by atoms with E-state index in [0.717, 1.165) is 0 Å². The van der Waals surface area contributed by atoms with Gasteiger partial charge in [-0.2, -0.15) is 0 Å². The number of carbonyl (C=O) groups is 2. The van der Waals surface area contributed by atoms with E-state index in [1.807, 2.05) is 0 Å². The van der Waals surface area contributed by atoms with Crippen LogP contribution in [-0.4, -0.2) is 42.8 Å². The van der Waals surface area contributed by atoms with Gasteiger partial charge in [0.1, 0.15) is 0 Å². The molecule has 0 spiro atoms. The number of sulfone groups is 1. The molecule has 1 aromatic carbocycles. The maximum Gasteiger partial charge on any atom is 0.336 e. The predicted molar refractivity (Wildman–Crippen MR) is 101 cm³/mol. The molecule has 2 aromatic rings. The zero-order valence-electron chi connectivity index (χ0n) is 14.4. The van der Waals surface area contributed by atoms with Gasteiger partial charge in [0.15, 0.2) is 14.9 Å². The van der Waals surface area contributed by atoms with Gasteiger partial charge in [0.2, 0.25) is 0 Å². The average Bonchev–Trinajstić information content (AvgIpc) is 2.61. The van der Waals surface area contributed by atoms with Crippen LogP contribution >= 0.6 is 11.6 Å². The molecule has 3 N–H and O–H groups in total. The number of pyridine rings is 1. The van der Waals surface area contributed by atoms with Crippen molar-refractivity contribution in [2.75, 3.05) is 17.2 Å². The molecule has 0 saturated heterocycles. The summed E-state index contributed by atoms with van der Waals surface area (Å²) in [6.07, 6.45) is 1.18. The number of urea groups is 1. The molecule has 0 fully saturated rings. The number of hydrogen-bond acceptors (Lipinski definition) is 5. The molecule has 0 aliphatic heterocycles. The van der Waals surface area contributed by atoms with E-state index in [1.165, 1.54) is 41.4 Å². The average molecular weight is 412 g/mol. The van der Waals surface area contributed by atoms with Gasteiger partial charge in [-0.3, -0.25) is 4.90 Å². The molecule has 0 radical (unpaired) electrons. The quantitative estimate of drug-likeness (QED) is 0.718. The Morgan fingerprint density at radius 2 is 1.96 bits per heavy atom. The summed E-state index contributed by atoms with van der Waals surface area (Å²) in [5.41, 5.74) is 5.83. The Labute approximate surface area is 161 Å². The fourth-order valence-corrected chi connectivity index (χ4v) is 3.98. The van der Waals surface area contributed by atoms with Crippen LogP contribution < -0.4 is 10.6 Å². The molecule has 0 aliphatic rings. The van der Waals surface area contributed by atoms with E-state index >= 15 is 0 Å². The van der Waals surface area contributed by atoms with Crippen molar-refractivity contribution in [1.29, 1.82) is 0 Å². The maximum atomic E-state index is 12.5. The standard InChI is InChI=1S/C17H18ClN3O5S/c1-2-21(17(19)24)11-6-7-15(20-10-11)27(25,26)9-8-12-13(16(22)23)4-3-5-14(12)18/h3-7,10H,2,8-9H2,1H3,(H2,19,24)(H,22,23). The zero-order chi connectivity index (χ0) is 20.2. The van der Waals surface area contributed by atoms with Gasteiger partial charge in [-0.15, -0.1) is 0 Å². The van der Waals surface area contributed by atoms with Crippen LogP contribution in [-0.2, 0) is 16.3 Å². The van der Waals surface area contributed by atoms with Crippen LogP contribution in [0, 0.1) is 0 Å². The molecule has 0 unspecified atom stereocenters. The maximum absolute atomic E-state index is 12.5. The molecule has 1 aromatic heterocycles. The molecule has 0 bridgehead atoms. The van der Waals surface area contributed by atoms with Crippen molar-refractivity contribution in [1.82, 2.24) is 4.98 Å². The van der Waals surface area contributed by atoms with E-state index in [4.69, 9.17) is 17.3 Å². The van der Waals surface area contributed by atoms with Crippen LogP contribution in [0.2, 0.25) is 5.02 Å². The lowest BCUT2D eigenvalue weighted by atomic mass is 10.1. The second-order valence-electron chi connectivity index (χ2n) is 5.58. The molecule has 10 heteroatoms. The Morgan fingerprint density at radius 1 is 1.26 bits per heavy atom. The molecule has 1 heterocycles. The van der Waals surface area contributed by atoms with Crippen molar-refractivity contribution < 1.29 is 23.1 Å². The number of carbonyl (C=O) groups excluding carboxylic acids is 1. The minimum absolute atomic E-state index is 0.0407. The van der Waals surface area contributed by atoms with Gasteiger partial charge in [0.05, 0.1) is 23.2 Å². The molecule has 0 atom stereocenters. The van der Waals surface area contributed by atoms with Crippen LogP contribution in [0.1, 0.15) is 22.8 Å². The summed E-state index contributed by atoms with van der Waals surface area (Å²) in [5, 5.41) is 9.23. The lowest BCUT2D eigenvalue weighted by Crippen LogP contribution is -2.35. The highest BCUT2D eigenvalue weighted by Crippen LogP contribution is 2.23. The van der Waals surface area contributed by atoms with Crippen molar-refractivity contribution in [2.24, 2.45) is 5.73 Å². The minimum Gasteiger partial charge on any atom is -0.478 e. The largest absolute Gasteiger partial charge is 0.478 e. The van der Waals surface area contributed by atoms with Gasteiger partial charge in [0, 0.05) is 11.6 Å². The molecule has 8 nitrogen and oxygen atoms in total. The summed E-state index contributed by atoms with van der Waals surface area (Å²) in [7, 11) is -3.78. The first-order valence-electron chi connectivity index (χ1n) is 7.93. The SMILES string of the molecule is CCN(C(N)=O)c1ccc(S(=O)(=O)CCc2c(Cl)cccc2C(=O)O)nc1. The summed E-state index contributed by atoms with van der Waals surface area (Å²) in [6, 6.07) is 6.41. The smallest absolute Gasteiger partial charge is 0.336 e. The number of primary amides is 1. The van der Waals surface area contributed by atoms with Gasteiger partial charge in [-0.1, -0.05) is 17.7 Å². The third-order valence-electron chi connectivity index (χ3n) is 3.90. The lowest BCUT2D eigenvalue weighted by Gasteiger charge is -2.17. The Morgan fingerprint density at radius 3 is 2.48 bits per heavy atom. The molecule has 144 valence electrons. The molecule has 2 rings (SSSR count). The molecule has 0 aliphatic carbocycles. The van der Waals surface area contributed by atoms with Gasteiger partial charge < -0.3 is 10.8 Å². The summed E-state index contributed by atoms with van der Waals surface area (Å²) in [4.78, 5) is 27.8.